The van der Waals surface area contributed by atoms with Gasteiger partial charge in [0.1, 0.15) is 0 Å². The first-order valence-electron chi connectivity index (χ1n) is 11.0. The minimum Gasteiger partial charge on any atom is -0.381 e. The van der Waals surface area contributed by atoms with Crippen LogP contribution in [-0.4, -0.2) is 48.0 Å². The van der Waals surface area contributed by atoms with Crippen LogP contribution >= 0.6 is 0 Å². The summed E-state index contributed by atoms with van der Waals surface area (Å²) in [5, 5.41) is 3.00. The molecule has 0 aromatic heterocycles. The van der Waals surface area contributed by atoms with Gasteiger partial charge in [-0.15, -0.1) is 0 Å². The van der Waals surface area contributed by atoms with Gasteiger partial charge in [0.25, 0.3) is 0 Å². The molecule has 2 aromatic rings. The molecule has 6 heteroatoms. The topological polar surface area (TPSA) is 61.9 Å². The summed E-state index contributed by atoms with van der Waals surface area (Å²) in [5.41, 5.74) is 5.61. The van der Waals surface area contributed by atoms with E-state index in [1.165, 1.54) is 16.7 Å². The summed E-state index contributed by atoms with van der Waals surface area (Å²) in [4.78, 5) is 28.9. The zero-order valence-corrected chi connectivity index (χ0v) is 17.5. The average Bonchev–Trinajstić information content (AvgIpc) is 3.49. The number of anilines is 1. The lowest BCUT2D eigenvalue weighted by atomic mass is 9.98. The number of fused-ring (bicyclic) bond motifs is 1. The van der Waals surface area contributed by atoms with Gasteiger partial charge in [0.2, 0.25) is 5.91 Å². The molecule has 1 saturated heterocycles. The van der Waals surface area contributed by atoms with Crippen molar-refractivity contribution in [1.29, 1.82) is 0 Å². The zero-order chi connectivity index (χ0) is 21.2. The molecule has 1 fully saturated rings. The van der Waals surface area contributed by atoms with Crippen LogP contribution in [0.25, 0.3) is 5.57 Å². The summed E-state index contributed by atoms with van der Waals surface area (Å²) in [5.74, 6) is 0.246. The van der Waals surface area contributed by atoms with E-state index in [9.17, 15) is 9.59 Å². The molecule has 3 aliphatic rings. The second kappa shape index (κ2) is 8.55. The van der Waals surface area contributed by atoms with Crippen LogP contribution in [0, 0.1) is 5.92 Å². The number of benzene rings is 2. The van der Waals surface area contributed by atoms with E-state index in [1.807, 2.05) is 46.2 Å². The van der Waals surface area contributed by atoms with Crippen LogP contribution in [-0.2, 0) is 22.6 Å². The van der Waals surface area contributed by atoms with Crippen molar-refractivity contribution >= 4 is 23.2 Å². The van der Waals surface area contributed by atoms with Gasteiger partial charge in [0.05, 0.1) is 12.5 Å². The lowest BCUT2D eigenvalue weighted by molar-refractivity contribution is -0.135. The molecule has 5 rings (SSSR count). The first kappa shape index (κ1) is 19.8. The minimum atomic E-state index is -0.0779. The Morgan fingerprint density at radius 3 is 2.32 bits per heavy atom. The third-order valence-electron chi connectivity index (χ3n) is 6.43. The molecule has 1 atom stereocenters. The van der Waals surface area contributed by atoms with E-state index in [0.717, 1.165) is 30.6 Å². The number of nitrogens with one attached hydrogen (secondary N) is 1. The molecule has 3 aliphatic heterocycles. The van der Waals surface area contributed by atoms with Crippen LogP contribution in [0.2, 0.25) is 0 Å². The fourth-order valence-corrected chi connectivity index (χ4v) is 4.57. The Morgan fingerprint density at radius 1 is 0.968 bits per heavy atom. The predicted octanol–water partition coefficient (Wildman–Crippen LogP) is 3.89. The highest BCUT2D eigenvalue weighted by molar-refractivity contribution is 5.90. The molecule has 0 radical (unpaired) electrons. The Kier molecular flexibility index (Phi) is 5.47. The highest BCUT2D eigenvalue weighted by Gasteiger charge is 2.29. The van der Waals surface area contributed by atoms with Gasteiger partial charge in [-0.2, -0.15) is 0 Å². The summed E-state index contributed by atoms with van der Waals surface area (Å²) in [6, 6.07) is 16.1. The van der Waals surface area contributed by atoms with Crippen LogP contribution in [0.3, 0.4) is 0 Å². The van der Waals surface area contributed by atoms with Gasteiger partial charge in [-0.05, 0) is 47.2 Å². The van der Waals surface area contributed by atoms with Gasteiger partial charge in [-0.3, -0.25) is 4.79 Å². The van der Waals surface area contributed by atoms with Gasteiger partial charge in [0, 0.05) is 38.5 Å². The molecular weight excluding hydrogens is 390 g/mol. The van der Waals surface area contributed by atoms with Crippen LogP contribution in [0.1, 0.15) is 29.5 Å². The predicted molar refractivity (Wildman–Crippen MR) is 119 cm³/mol. The van der Waals surface area contributed by atoms with Crippen LogP contribution < -0.4 is 5.32 Å². The first-order chi connectivity index (χ1) is 15.2. The van der Waals surface area contributed by atoms with Gasteiger partial charge in [-0.25, -0.2) is 4.79 Å². The Morgan fingerprint density at radius 2 is 1.71 bits per heavy atom. The second-order valence-corrected chi connectivity index (χ2v) is 8.46. The SMILES string of the molecule is O=C(Nc1ccc(C2=CCN(C(=O)[C@@H]3CCOC3)CC2)cc1)N1Cc2ccccc2C1. The van der Waals surface area contributed by atoms with E-state index in [0.29, 0.717) is 32.8 Å². The number of urea groups is 1. The molecule has 160 valence electrons. The molecule has 6 nitrogen and oxygen atoms in total. The third kappa shape index (κ3) is 4.21. The van der Waals surface area contributed by atoms with Crippen molar-refractivity contribution in [3.05, 3.63) is 71.3 Å². The molecule has 1 N–H and O–H groups in total. The number of carbonyl (C=O) groups is 2. The number of rotatable bonds is 3. The maximum atomic E-state index is 12.6. The molecule has 0 aliphatic carbocycles. The average molecular weight is 418 g/mol. The van der Waals surface area contributed by atoms with E-state index >= 15 is 0 Å². The van der Waals surface area contributed by atoms with Gasteiger partial charge < -0.3 is 19.9 Å². The molecule has 0 saturated carbocycles. The summed E-state index contributed by atoms with van der Waals surface area (Å²) in [7, 11) is 0. The number of amides is 3. The summed E-state index contributed by atoms with van der Waals surface area (Å²) in [6.07, 6.45) is 3.83. The Balaban J connectivity index is 1.17. The van der Waals surface area contributed by atoms with Crippen molar-refractivity contribution in [2.75, 3.05) is 31.6 Å². The van der Waals surface area contributed by atoms with Crippen molar-refractivity contribution in [1.82, 2.24) is 9.80 Å². The molecular formula is C25H27N3O3. The van der Waals surface area contributed by atoms with Crippen molar-refractivity contribution in [2.45, 2.75) is 25.9 Å². The fourth-order valence-electron chi connectivity index (χ4n) is 4.57. The standard InChI is InChI=1S/C25H27N3O3/c29-24(22-11-14-31-17-22)27-12-9-19(10-13-27)18-5-7-23(8-6-18)26-25(30)28-15-20-3-1-2-4-21(20)16-28/h1-9,22H,10-17H2,(H,26,30)/t22-/m1/s1. The highest BCUT2D eigenvalue weighted by atomic mass is 16.5. The molecule has 0 unspecified atom stereocenters. The van der Waals surface area contributed by atoms with E-state index in [2.05, 4.69) is 23.5 Å². The van der Waals surface area contributed by atoms with Crippen molar-refractivity contribution < 1.29 is 14.3 Å². The lowest BCUT2D eigenvalue weighted by Gasteiger charge is -2.28. The van der Waals surface area contributed by atoms with Gasteiger partial charge in [0.15, 0.2) is 0 Å². The zero-order valence-electron chi connectivity index (χ0n) is 17.5. The number of ether oxygens (including phenoxy) is 1. The van der Waals surface area contributed by atoms with Crippen LogP contribution in [0.15, 0.2) is 54.6 Å². The summed E-state index contributed by atoms with van der Waals surface area (Å²) in [6.45, 7) is 3.94. The quantitative estimate of drug-likeness (QED) is 0.824. The number of nitrogens with zero attached hydrogens (tertiary/aromatic N) is 2. The number of hydrogen-bond acceptors (Lipinski definition) is 3. The van der Waals surface area contributed by atoms with E-state index in [1.54, 1.807) is 0 Å². The first-order valence-corrected chi connectivity index (χ1v) is 11.0. The monoisotopic (exact) mass is 417 g/mol. The van der Waals surface area contributed by atoms with Crippen molar-refractivity contribution in [3.8, 4) is 0 Å². The Labute approximate surface area is 182 Å². The highest BCUT2D eigenvalue weighted by Crippen LogP contribution is 2.27. The van der Waals surface area contributed by atoms with Gasteiger partial charge >= 0.3 is 6.03 Å². The fraction of sp³-hybridized carbons (Fsp3) is 0.360. The molecule has 3 heterocycles. The van der Waals surface area contributed by atoms with E-state index < -0.39 is 0 Å². The molecule has 3 amide bonds. The molecule has 0 bridgehead atoms. The smallest absolute Gasteiger partial charge is 0.322 e. The van der Waals surface area contributed by atoms with E-state index in [-0.39, 0.29) is 17.9 Å². The Hall–Kier alpha value is -3.12. The minimum absolute atomic E-state index is 0.0289. The maximum absolute atomic E-state index is 12.6. The van der Waals surface area contributed by atoms with Crippen molar-refractivity contribution in [2.24, 2.45) is 5.92 Å². The maximum Gasteiger partial charge on any atom is 0.322 e. The number of carbonyl (C=O) groups excluding carboxylic acids is 2. The van der Waals surface area contributed by atoms with Crippen LogP contribution in [0.5, 0.6) is 0 Å². The summed E-state index contributed by atoms with van der Waals surface area (Å²) >= 11 is 0. The van der Waals surface area contributed by atoms with Crippen LogP contribution in [0.4, 0.5) is 10.5 Å². The van der Waals surface area contributed by atoms with Gasteiger partial charge in [-0.1, -0.05) is 42.5 Å². The van der Waals surface area contributed by atoms with Crippen molar-refractivity contribution in [3.63, 3.8) is 0 Å². The molecule has 31 heavy (non-hydrogen) atoms. The molecule has 2 aromatic carbocycles. The Bertz CT molecular complexity index is 984. The third-order valence-corrected chi connectivity index (χ3v) is 6.43. The summed E-state index contributed by atoms with van der Waals surface area (Å²) < 4.78 is 5.35. The lowest BCUT2D eigenvalue weighted by Crippen LogP contribution is -2.39. The molecule has 0 spiro atoms. The van der Waals surface area contributed by atoms with E-state index in [4.69, 9.17) is 4.74 Å². The largest absolute Gasteiger partial charge is 0.381 e. The second-order valence-electron chi connectivity index (χ2n) is 8.46. The number of hydrogen-bond donors (Lipinski definition) is 1. The normalized spacial score (nSPS) is 20.4.